The molecule has 6 nitrogen and oxygen atoms in total. The smallest absolute Gasteiger partial charge is 0.338 e. The first kappa shape index (κ1) is 19.2. The molecule has 1 heterocycles. The number of hydrogen-bond donors (Lipinski definition) is 1. The molecule has 0 radical (unpaired) electrons. The number of ketones is 1. The second-order valence-corrected chi connectivity index (χ2v) is 7.54. The van der Waals surface area contributed by atoms with Gasteiger partial charge in [0.05, 0.1) is 18.2 Å². The molecule has 0 saturated heterocycles. The van der Waals surface area contributed by atoms with E-state index in [2.05, 4.69) is 4.99 Å². The van der Waals surface area contributed by atoms with Crippen LogP contribution in [0.1, 0.15) is 22.8 Å². The molecule has 130 valence electrons. The topological polar surface area (TPSA) is 103 Å². The van der Waals surface area contributed by atoms with Gasteiger partial charge in [-0.1, -0.05) is 41.7 Å². The molecule has 1 aliphatic heterocycles. The molecule has 0 bridgehead atoms. The zero-order chi connectivity index (χ0) is 18.2. The van der Waals surface area contributed by atoms with E-state index in [9.17, 15) is 9.59 Å². The first-order valence-electron chi connectivity index (χ1n) is 7.55. The van der Waals surface area contributed by atoms with Gasteiger partial charge in [0.2, 0.25) is 0 Å². The number of carbonyl (C=O) groups excluding carboxylic acids is 2. The Labute approximate surface area is 154 Å². The van der Waals surface area contributed by atoms with Crippen LogP contribution < -0.4 is 0 Å². The van der Waals surface area contributed by atoms with Crippen molar-refractivity contribution in [3.05, 3.63) is 35.4 Å². The van der Waals surface area contributed by atoms with Gasteiger partial charge in [0, 0.05) is 17.2 Å². The van der Waals surface area contributed by atoms with Crippen LogP contribution in [0.2, 0.25) is 0 Å². The number of thioether (sulfide) groups is 2. The third-order valence-corrected chi connectivity index (χ3v) is 5.68. The predicted octanol–water partition coefficient (Wildman–Crippen LogP) is 2.93. The lowest BCUT2D eigenvalue weighted by Gasteiger charge is -2.10. The normalized spacial score (nSPS) is 14.3. The van der Waals surface area contributed by atoms with Crippen LogP contribution in [0.3, 0.4) is 0 Å². The van der Waals surface area contributed by atoms with Crippen LogP contribution in [-0.2, 0) is 15.3 Å². The molecule has 25 heavy (non-hydrogen) atoms. The minimum Gasteiger partial charge on any atom is -0.454 e. The average Bonchev–Trinajstić information content (AvgIpc) is 3.12. The van der Waals surface area contributed by atoms with Crippen LogP contribution in [0.15, 0.2) is 29.3 Å². The van der Waals surface area contributed by atoms with Crippen LogP contribution in [0.4, 0.5) is 0 Å². The van der Waals surface area contributed by atoms with Crippen molar-refractivity contribution in [2.24, 2.45) is 10.9 Å². The van der Waals surface area contributed by atoms with Crippen molar-refractivity contribution >= 4 is 45.4 Å². The number of hydrogen-bond acceptors (Lipinski definition) is 8. The molecule has 1 N–H and O–H groups in total. The fraction of sp³-hybridized carbons (Fsp3) is 0.353. The van der Waals surface area contributed by atoms with Crippen molar-refractivity contribution in [3.63, 3.8) is 0 Å². The standard InChI is InChI=1S/C17H17N3O3S2/c1-11(19)14(8-18)15(21)9-23-16(22)13-5-3-2-4-12(13)10-25-17-20-6-7-24-17/h2-5,14,19H,6-7,9-10H2,1H3. The summed E-state index contributed by atoms with van der Waals surface area (Å²) in [7, 11) is 0. The Kier molecular flexibility index (Phi) is 7.22. The molecule has 2 rings (SSSR count). The molecule has 0 spiro atoms. The summed E-state index contributed by atoms with van der Waals surface area (Å²) in [5, 5.41) is 16.3. The summed E-state index contributed by atoms with van der Waals surface area (Å²) in [6.07, 6.45) is 0. The van der Waals surface area contributed by atoms with E-state index in [-0.39, 0.29) is 5.71 Å². The highest BCUT2D eigenvalue weighted by molar-refractivity contribution is 8.38. The summed E-state index contributed by atoms with van der Waals surface area (Å²) in [5.41, 5.74) is 1.14. The average molecular weight is 375 g/mol. The maximum absolute atomic E-state index is 12.3. The highest BCUT2D eigenvalue weighted by atomic mass is 32.2. The Morgan fingerprint density at radius 1 is 1.48 bits per heavy atom. The minimum absolute atomic E-state index is 0.0600. The largest absolute Gasteiger partial charge is 0.454 e. The van der Waals surface area contributed by atoms with Crippen molar-refractivity contribution in [1.82, 2.24) is 0 Å². The van der Waals surface area contributed by atoms with Gasteiger partial charge in [-0.2, -0.15) is 5.26 Å². The molecular weight excluding hydrogens is 358 g/mol. The number of benzene rings is 1. The highest BCUT2D eigenvalue weighted by Crippen LogP contribution is 2.26. The van der Waals surface area contributed by atoms with Crippen molar-refractivity contribution in [1.29, 1.82) is 10.7 Å². The molecule has 0 amide bonds. The minimum atomic E-state index is -1.17. The highest BCUT2D eigenvalue weighted by Gasteiger charge is 2.22. The van der Waals surface area contributed by atoms with Gasteiger partial charge in [0.15, 0.2) is 12.4 Å². The van der Waals surface area contributed by atoms with Crippen molar-refractivity contribution in [2.45, 2.75) is 12.7 Å². The summed E-state index contributed by atoms with van der Waals surface area (Å²) in [4.78, 5) is 28.5. The van der Waals surface area contributed by atoms with Gasteiger partial charge < -0.3 is 10.1 Å². The van der Waals surface area contributed by atoms with Gasteiger partial charge in [-0.3, -0.25) is 9.79 Å². The van der Waals surface area contributed by atoms with Crippen LogP contribution in [0, 0.1) is 22.7 Å². The number of nitrogens with one attached hydrogen (secondary N) is 1. The third kappa shape index (κ3) is 5.44. The molecule has 0 aliphatic carbocycles. The number of aliphatic imine (C=N–C) groups is 1. The van der Waals surface area contributed by atoms with Gasteiger partial charge in [-0.15, -0.1) is 0 Å². The molecule has 0 saturated carbocycles. The maximum Gasteiger partial charge on any atom is 0.338 e. The monoisotopic (exact) mass is 375 g/mol. The van der Waals surface area contributed by atoms with Gasteiger partial charge in [0.1, 0.15) is 10.3 Å². The van der Waals surface area contributed by atoms with E-state index in [1.165, 1.54) is 6.92 Å². The number of rotatable bonds is 7. The van der Waals surface area contributed by atoms with Gasteiger partial charge >= 0.3 is 5.97 Å². The molecular formula is C17H17N3O3S2. The lowest BCUT2D eigenvalue weighted by Crippen LogP contribution is -2.25. The van der Waals surface area contributed by atoms with Gasteiger partial charge in [0.25, 0.3) is 0 Å². The summed E-state index contributed by atoms with van der Waals surface area (Å²) >= 11 is 3.27. The second kappa shape index (κ2) is 9.39. The van der Waals surface area contributed by atoms with E-state index in [1.54, 1.807) is 41.7 Å². The number of nitriles is 1. The Hall–Kier alpha value is -2.11. The van der Waals surface area contributed by atoms with E-state index in [0.29, 0.717) is 11.3 Å². The lowest BCUT2D eigenvalue weighted by atomic mass is 10.0. The zero-order valence-electron chi connectivity index (χ0n) is 13.7. The fourth-order valence-corrected chi connectivity index (χ4v) is 4.11. The lowest BCUT2D eigenvalue weighted by molar-refractivity contribution is -0.122. The van der Waals surface area contributed by atoms with Crippen LogP contribution in [0.5, 0.6) is 0 Å². The summed E-state index contributed by atoms with van der Waals surface area (Å²) in [6, 6.07) is 8.80. The molecule has 1 aliphatic rings. The Bertz CT molecular complexity index is 756. The molecule has 1 unspecified atom stereocenters. The van der Waals surface area contributed by atoms with E-state index in [1.807, 2.05) is 12.1 Å². The van der Waals surface area contributed by atoms with Crippen LogP contribution in [0.25, 0.3) is 0 Å². The second-order valence-electron chi connectivity index (χ2n) is 5.23. The summed E-state index contributed by atoms with van der Waals surface area (Å²) in [5.74, 6) is -0.792. The quantitative estimate of drug-likeness (QED) is 0.580. The number of Topliss-reactive ketones (excluding diaryl/α,β-unsaturated/α-hetero) is 1. The Morgan fingerprint density at radius 3 is 2.88 bits per heavy atom. The number of ether oxygens (including phenoxy) is 1. The first-order chi connectivity index (χ1) is 12.0. The molecule has 1 atom stereocenters. The number of nitrogens with zero attached hydrogens (tertiary/aromatic N) is 2. The molecule has 1 aromatic rings. The van der Waals surface area contributed by atoms with Crippen LogP contribution >= 0.6 is 23.5 Å². The Balaban J connectivity index is 1.98. The molecule has 0 aromatic heterocycles. The summed E-state index contributed by atoms with van der Waals surface area (Å²) in [6.45, 7) is 1.69. The zero-order valence-corrected chi connectivity index (χ0v) is 15.3. The van der Waals surface area contributed by atoms with Gasteiger partial charge in [-0.25, -0.2) is 4.79 Å². The van der Waals surface area contributed by atoms with Crippen molar-refractivity contribution in [2.75, 3.05) is 18.9 Å². The molecule has 0 fully saturated rings. The van der Waals surface area contributed by atoms with E-state index in [0.717, 1.165) is 22.2 Å². The van der Waals surface area contributed by atoms with Crippen molar-refractivity contribution in [3.8, 4) is 6.07 Å². The third-order valence-electron chi connectivity index (χ3n) is 3.38. The Morgan fingerprint density at radius 2 is 2.24 bits per heavy atom. The number of carbonyl (C=O) groups is 2. The van der Waals surface area contributed by atoms with E-state index >= 15 is 0 Å². The van der Waals surface area contributed by atoms with Crippen LogP contribution in [-0.4, -0.2) is 40.7 Å². The van der Waals surface area contributed by atoms with E-state index < -0.39 is 24.3 Å². The maximum atomic E-state index is 12.3. The SMILES string of the molecule is CC(=N)C(C#N)C(=O)COC(=O)c1ccccc1CSC1=NCCS1. The molecule has 8 heteroatoms. The van der Waals surface area contributed by atoms with E-state index in [4.69, 9.17) is 15.4 Å². The molecule has 1 aromatic carbocycles. The predicted molar refractivity (Wildman–Crippen MR) is 100 cm³/mol. The fourth-order valence-electron chi connectivity index (χ4n) is 2.10. The summed E-state index contributed by atoms with van der Waals surface area (Å²) < 4.78 is 6.07. The van der Waals surface area contributed by atoms with Crippen molar-refractivity contribution < 1.29 is 14.3 Å². The number of esters is 1. The first-order valence-corrected chi connectivity index (χ1v) is 9.52. The van der Waals surface area contributed by atoms with Gasteiger partial charge in [-0.05, 0) is 18.6 Å².